The average molecular weight is 474 g/mol. The highest BCUT2D eigenvalue weighted by Gasteiger charge is 2.44. The molecule has 1 aliphatic carbocycles. The Bertz CT molecular complexity index is 727. The first-order chi connectivity index (χ1) is 11.6. The smallest absolute Gasteiger partial charge is 0.191 e. The van der Waals surface area contributed by atoms with E-state index in [1.165, 1.54) is 6.07 Å². The van der Waals surface area contributed by atoms with E-state index in [0.717, 1.165) is 47.3 Å². The molecule has 1 saturated carbocycles. The fraction of sp³-hybridized carbons (Fsp3) is 0.444. The third-order valence-electron chi connectivity index (χ3n) is 4.29. The maximum atomic E-state index is 13.5. The predicted molar refractivity (Wildman–Crippen MR) is 112 cm³/mol. The Morgan fingerprint density at radius 2 is 2.16 bits per heavy atom. The van der Waals surface area contributed by atoms with Gasteiger partial charge in [-0.25, -0.2) is 14.4 Å². The number of thiazole rings is 1. The molecule has 2 aromatic rings. The average Bonchev–Trinajstić information content (AvgIpc) is 3.25. The second-order valence-electron chi connectivity index (χ2n) is 6.18. The van der Waals surface area contributed by atoms with Crippen molar-refractivity contribution in [3.8, 4) is 0 Å². The zero-order valence-corrected chi connectivity index (χ0v) is 17.7. The van der Waals surface area contributed by atoms with Gasteiger partial charge in [-0.15, -0.1) is 35.3 Å². The molecule has 1 heterocycles. The lowest BCUT2D eigenvalue weighted by Gasteiger charge is -2.19. The molecule has 0 atom stereocenters. The molecule has 2 N–H and O–H groups in total. The van der Waals surface area contributed by atoms with E-state index >= 15 is 0 Å². The Balaban J connectivity index is 0.00000225. The lowest BCUT2D eigenvalue weighted by molar-refractivity contribution is 0.607. The molecular weight excluding hydrogens is 450 g/mol. The van der Waals surface area contributed by atoms with E-state index in [4.69, 9.17) is 0 Å². The van der Waals surface area contributed by atoms with Gasteiger partial charge in [-0.05, 0) is 44.4 Å². The van der Waals surface area contributed by atoms with Crippen LogP contribution in [0.5, 0.6) is 0 Å². The van der Waals surface area contributed by atoms with Crippen molar-refractivity contribution in [3.63, 3.8) is 0 Å². The van der Waals surface area contributed by atoms with Crippen molar-refractivity contribution in [2.45, 2.75) is 38.6 Å². The van der Waals surface area contributed by atoms with Crippen LogP contribution >= 0.6 is 35.3 Å². The molecule has 0 radical (unpaired) electrons. The van der Waals surface area contributed by atoms with Crippen molar-refractivity contribution in [1.29, 1.82) is 0 Å². The van der Waals surface area contributed by atoms with Crippen molar-refractivity contribution in [2.24, 2.45) is 4.99 Å². The first kappa shape index (κ1) is 20.1. The number of nitrogens with one attached hydrogen (secondary N) is 2. The summed E-state index contributed by atoms with van der Waals surface area (Å²) in [6, 6.07) is 6.95. The van der Waals surface area contributed by atoms with Crippen LogP contribution in [0.1, 0.15) is 35.2 Å². The number of hydrogen-bond donors (Lipinski definition) is 2. The van der Waals surface area contributed by atoms with Crippen LogP contribution in [0, 0.1) is 12.7 Å². The lowest BCUT2D eigenvalue weighted by atomic mass is 9.96. The molecule has 0 spiro atoms. The Kier molecular flexibility index (Phi) is 7.18. The van der Waals surface area contributed by atoms with Gasteiger partial charge in [0.05, 0.1) is 11.6 Å². The van der Waals surface area contributed by atoms with Crippen molar-refractivity contribution in [2.75, 3.05) is 13.1 Å². The van der Waals surface area contributed by atoms with Crippen LogP contribution < -0.4 is 10.6 Å². The zero-order valence-electron chi connectivity index (χ0n) is 14.5. The number of aryl methyl sites for hydroxylation is 1. The van der Waals surface area contributed by atoms with E-state index in [-0.39, 0.29) is 35.2 Å². The first-order valence-electron chi connectivity index (χ1n) is 8.31. The van der Waals surface area contributed by atoms with Gasteiger partial charge < -0.3 is 10.6 Å². The molecule has 0 saturated heterocycles. The molecule has 4 nitrogen and oxygen atoms in total. The Labute approximate surface area is 169 Å². The van der Waals surface area contributed by atoms with Gasteiger partial charge in [0, 0.05) is 29.6 Å². The van der Waals surface area contributed by atoms with Gasteiger partial charge in [0.2, 0.25) is 0 Å². The SMILES string of the molecule is CCNC(=NCc1cnc(C)s1)NCC1(c2cccc(F)c2)CC1.I. The van der Waals surface area contributed by atoms with E-state index in [0.29, 0.717) is 6.54 Å². The van der Waals surface area contributed by atoms with Crippen LogP contribution in [-0.2, 0) is 12.0 Å². The molecule has 0 aliphatic heterocycles. The number of halogens is 2. The number of rotatable bonds is 6. The van der Waals surface area contributed by atoms with Crippen molar-refractivity contribution >= 4 is 41.3 Å². The van der Waals surface area contributed by atoms with Gasteiger partial charge >= 0.3 is 0 Å². The Morgan fingerprint density at radius 3 is 2.76 bits per heavy atom. The number of aromatic nitrogens is 1. The fourth-order valence-corrected chi connectivity index (χ4v) is 3.49. The van der Waals surface area contributed by atoms with E-state index in [1.807, 2.05) is 26.1 Å². The highest BCUT2D eigenvalue weighted by atomic mass is 127. The molecule has 1 aliphatic rings. The standard InChI is InChI=1S/C18H23FN4S.HI/c1-3-20-17(22-11-16-10-21-13(2)24-16)23-12-18(7-8-18)14-5-4-6-15(19)9-14;/h4-6,9-10H,3,7-8,11-12H2,1-2H3,(H2,20,22,23);1H. The summed E-state index contributed by atoms with van der Waals surface area (Å²) in [6.45, 7) is 6.24. The molecule has 7 heteroatoms. The predicted octanol–water partition coefficient (Wildman–Crippen LogP) is 4.00. The molecule has 136 valence electrons. The zero-order chi connectivity index (χ0) is 17.0. The summed E-state index contributed by atoms with van der Waals surface area (Å²) in [5.41, 5.74) is 1.11. The van der Waals surface area contributed by atoms with Crippen molar-refractivity contribution in [1.82, 2.24) is 15.6 Å². The number of nitrogens with zero attached hydrogens (tertiary/aromatic N) is 2. The molecule has 0 unspecified atom stereocenters. The molecule has 1 aromatic heterocycles. The minimum Gasteiger partial charge on any atom is -0.357 e. The van der Waals surface area contributed by atoms with Gasteiger partial charge in [0.25, 0.3) is 0 Å². The molecule has 25 heavy (non-hydrogen) atoms. The first-order valence-corrected chi connectivity index (χ1v) is 9.12. The van der Waals surface area contributed by atoms with Crippen LogP contribution in [0.2, 0.25) is 0 Å². The summed E-state index contributed by atoms with van der Waals surface area (Å²) in [4.78, 5) is 10.0. The van der Waals surface area contributed by atoms with Gasteiger partial charge in [-0.1, -0.05) is 12.1 Å². The van der Waals surface area contributed by atoms with Crippen LogP contribution in [0.25, 0.3) is 0 Å². The highest BCUT2D eigenvalue weighted by Crippen LogP contribution is 2.47. The van der Waals surface area contributed by atoms with Crippen LogP contribution in [0.4, 0.5) is 4.39 Å². The number of aliphatic imine (C=N–C) groups is 1. The van der Waals surface area contributed by atoms with Gasteiger partial charge in [0.15, 0.2) is 5.96 Å². The van der Waals surface area contributed by atoms with Crippen LogP contribution in [0.3, 0.4) is 0 Å². The molecule has 0 amide bonds. The van der Waals surface area contributed by atoms with E-state index in [9.17, 15) is 4.39 Å². The van der Waals surface area contributed by atoms with Crippen LogP contribution in [0.15, 0.2) is 35.5 Å². The number of guanidine groups is 1. The summed E-state index contributed by atoms with van der Waals surface area (Å²) in [5.74, 6) is 0.631. The monoisotopic (exact) mass is 474 g/mol. The summed E-state index contributed by atoms with van der Waals surface area (Å²) < 4.78 is 13.5. The van der Waals surface area contributed by atoms with Gasteiger partial charge in [-0.3, -0.25) is 0 Å². The van der Waals surface area contributed by atoms with Crippen molar-refractivity contribution in [3.05, 3.63) is 51.7 Å². The molecule has 1 fully saturated rings. The second kappa shape index (κ2) is 8.93. The Morgan fingerprint density at radius 1 is 1.36 bits per heavy atom. The topological polar surface area (TPSA) is 49.3 Å². The fourth-order valence-electron chi connectivity index (χ4n) is 2.77. The Hall–Kier alpha value is -1.22. The quantitative estimate of drug-likeness (QED) is 0.378. The van der Waals surface area contributed by atoms with Crippen LogP contribution in [-0.4, -0.2) is 24.0 Å². The normalized spacial score (nSPS) is 15.4. The third-order valence-corrected chi connectivity index (χ3v) is 5.19. The molecule has 1 aromatic carbocycles. The molecular formula is C18H24FIN4S. The minimum atomic E-state index is -0.167. The summed E-state index contributed by atoms with van der Waals surface area (Å²) >= 11 is 1.67. The summed E-state index contributed by atoms with van der Waals surface area (Å²) in [6.07, 6.45) is 4.04. The minimum absolute atomic E-state index is 0. The largest absolute Gasteiger partial charge is 0.357 e. The van der Waals surface area contributed by atoms with Crippen molar-refractivity contribution < 1.29 is 4.39 Å². The highest BCUT2D eigenvalue weighted by molar-refractivity contribution is 14.0. The van der Waals surface area contributed by atoms with E-state index in [1.54, 1.807) is 23.5 Å². The van der Waals surface area contributed by atoms with E-state index in [2.05, 4.69) is 20.6 Å². The number of benzene rings is 1. The second-order valence-corrected chi connectivity index (χ2v) is 7.50. The van der Waals surface area contributed by atoms with E-state index < -0.39 is 0 Å². The maximum Gasteiger partial charge on any atom is 0.191 e. The summed E-state index contributed by atoms with van der Waals surface area (Å²) in [5, 5.41) is 7.75. The van der Waals surface area contributed by atoms with Gasteiger partial charge in [-0.2, -0.15) is 0 Å². The lowest BCUT2D eigenvalue weighted by Crippen LogP contribution is -2.41. The summed E-state index contributed by atoms with van der Waals surface area (Å²) in [7, 11) is 0. The maximum absolute atomic E-state index is 13.5. The molecule has 0 bridgehead atoms. The number of hydrogen-bond acceptors (Lipinski definition) is 3. The third kappa shape index (κ3) is 5.37. The molecule has 3 rings (SSSR count). The van der Waals surface area contributed by atoms with Gasteiger partial charge in [0.1, 0.15) is 5.82 Å².